The summed E-state index contributed by atoms with van der Waals surface area (Å²) in [5.41, 5.74) is 1.37. The summed E-state index contributed by atoms with van der Waals surface area (Å²) in [7, 11) is 1.86. The van der Waals surface area contributed by atoms with Crippen molar-refractivity contribution < 1.29 is 23.4 Å². The van der Waals surface area contributed by atoms with E-state index in [0.29, 0.717) is 37.7 Å². The van der Waals surface area contributed by atoms with Crippen LogP contribution < -0.4 is 15.4 Å². The number of ether oxygens (including phenoxy) is 1. The number of aromatic hydroxyl groups is 1. The quantitative estimate of drug-likeness (QED) is 0.330. The maximum atomic E-state index is 12.2. The van der Waals surface area contributed by atoms with Gasteiger partial charge in [-0.15, -0.1) is 0 Å². The summed E-state index contributed by atoms with van der Waals surface area (Å²) in [6.07, 6.45) is 0. The van der Waals surface area contributed by atoms with E-state index in [1.165, 1.54) is 24.3 Å². The fraction of sp³-hybridized carbons (Fsp3) is 0.333. The monoisotopic (exact) mass is 420 g/mol. The van der Waals surface area contributed by atoms with Gasteiger partial charge in [-0.3, -0.25) is 9.79 Å². The van der Waals surface area contributed by atoms with Gasteiger partial charge in [0.15, 0.2) is 5.96 Å². The van der Waals surface area contributed by atoms with E-state index in [0.717, 1.165) is 5.56 Å². The van der Waals surface area contributed by atoms with E-state index in [9.17, 15) is 18.7 Å². The van der Waals surface area contributed by atoms with Crippen LogP contribution in [0.2, 0.25) is 0 Å². The van der Waals surface area contributed by atoms with Crippen molar-refractivity contribution in [3.05, 3.63) is 59.7 Å². The number of hydrogen-bond donors (Lipinski definition) is 3. The van der Waals surface area contributed by atoms with Gasteiger partial charge in [-0.25, -0.2) is 0 Å². The first kappa shape index (κ1) is 22.9. The molecule has 30 heavy (non-hydrogen) atoms. The number of phenolic OH excluding ortho intramolecular Hbond substituents is 1. The summed E-state index contributed by atoms with van der Waals surface area (Å²) in [6.45, 7) is 1.01. The molecule has 2 aromatic carbocycles. The SMILES string of the molecule is CCNC(=NCCNC(=O)c1ccc(O)cc1)N(C)Cc1ccc(OC(F)F)cc1. The number of benzene rings is 2. The number of nitrogens with zero attached hydrogens (tertiary/aromatic N) is 2. The molecule has 2 rings (SSSR count). The zero-order chi connectivity index (χ0) is 21.9. The standard InChI is InChI=1S/C21H26F2N4O3/c1-3-24-21(26-13-12-25-19(29)16-6-8-17(28)9-7-16)27(2)14-15-4-10-18(11-5-15)30-20(22)23/h4-11,20,28H,3,12-14H2,1-2H3,(H,24,26)(H,25,29). The molecule has 0 atom stereocenters. The molecule has 7 nitrogen and oxygen atoms in total. The maximum Gasteiger partial charge on any atom is 0.387 e. The Balaban J connectivity index is 1.87. The summed E-state index contributed by atoms with van der Waals surface area (Å²) in [5.74, 6) is 0.631. The van der Waals surface area contributed by atoms with Gasteiger partial charge in [-0.1, -0.05) is 12.1 Å². The van der Waals surface area contributed by atoms with E-state index >= 15 is 0 Å². The molecule has 0 bridgehead atoms. The Hall–Kier alpha value is -3.36. The average molecular weight is 420 g/mol. The van der Waals surface area contributed by atoms with Gasteiger partial charge in [0.1, 0.15) is 11.5 Å². The molecule has 0 unspecified atom stereocenters. The largest absolute Gasteiger partial charge is 0.508 e. The third-order valence-corrected chi connectivity index (χ3v) is 4.05. The lowest BCUT2D eigenvalue weighted by molar-refractivity contribution is -0.0498. The number of guanidine groups is 1. The number of hydrogen-bond acceptors (Lipinski definition) is 4. The van der Waals surface area contributed by atoms with E-state index in [4.69, 9.17) is 0 Å². The van der Waals surface area contributed by atoms with Crippen molar-refractivity contribution in [3.8, 4) is 11.5 Å². The molecule has 0 spiro atoms. The molecule has 0 saturated heterocycles. The van der Waals surface area contributed by atoms with Crippen LogP contribution >= 0.6 is 0 Å². The van der Waals surface area contributed by atoms with Crippen LogP contribution in [0.25, 0.3) is 0 Å². The molecule has 1 amide bonds. The number of amides is 1. The number of aliphatic imine (C=N–C) groups is 1. The van der Waals surface area contributed by atoms with Gasteiger partial charge in [0.25, 0.3) is 5.91 Å². The van der Waals surface area contributed by atoms with Gasteiger partial charge in [0, 0.05) is 32.2 Å². The molecule has 0 heterocycles. The topological polar surface area (TPSA) is 86.2 Å². The first-order chi connectivity index (χ1) is 14.4. The lowest BCUT2D eigenvalue weighted by Crippen LogP contribution is -2.39. The van der Waals surface area contributed by atoms with Gasteiger partial charge < -0.3 is 25.4 Å². The second-order valence-corrected chi connectivity index (χ2v) is 6.42. The number of phenols is 1. The van der Waals surface area contributed by atoms with Crippen LogP contribution in [-0.2, 0) is 6.54 Å². The lowest BCUT2D eigenvalue weighted by Gasteiger charge is -2.22. The molecule has 0 saturated carbocycles. The molecule has 2 aromatic rings. The average Bonchev–Trinajstić information content (AvgIpc) is 2.71. The number of rotatable bonds is 9. The third-order valence-electron chi connectivity index (χ3n) is 4.05. The molecular weight excluding hydrogens is 394 g/mol. The van der Waals surface area contributed by atoms with Crippen LogP contribution in [0.4, 0.5) is 8.78 Å². The molecule has 0 aromatic heterocycles. The molecule has 9 heteroatoms. The molecule has 0 fully saturated rings. The molecule has 0 aliphatic carbocycles. The minimum atomic E-state index is -2.85. The Morgan fingerprint density at radius 3 is 2.40 bits per heavy atom. The fourth-order valence-corrected chi connectivity index (χ4v) is 2.64. The zero-order valence-electron chi connectivity index (χ0n) is 16.9. The number of carbonyl (C=O) groups excluding carboxylic acids is 1. The highest BCUT2D eigenvalue weighted by atomic mass is 19.3. The first-order valence-corrected chi connectivity index (χ1v) is 9.49. The summed E-state index contributed by atoms with van der Waals surface area (Å²) in [4.78, 5) is 18.5. The van der Waals surface area contributed by atoms with Crippen LogP contribution in [-0.4, -0.2) is 55.2 Å². The summed E-state index contributed by atoms with van der Waals surface area (Å²) in [5, 5.41) is 15.2. The van der Waals surface area contributed by atoms with Crippen molar-refractivity contribution in [1.29, 1.82) is 0 Å². The maximum absolute atomic E-state index is 12.2. The molecule has 162 valence electrons. The second-order valence-electron chi connectivity index (χ2n) is 6.42. The van der Waals surface area contributed by atoms with Crippen molar-refractivity contribution in [1.82, 2.24) is 15.5 Å². The van der Waals surface area contributed by atoms with Crippen molar-refractivity contribution in [2.24, 2.45) is 4.99 Å². The predicted octanol–water partition coefficient (Wildman–Crippen LogP) is 2.82. The fourth-order valence-electron chi connectivity index (χ4n) is 2.64. The Morgan fingerprint density at radius 1 is 1.13 bits per heavy atom. The van der Waals surface area contributed by atoms with Crippen molar-refractivity contribution >= 4 is 11.9 Å². The van der Waals surface area contributed by atoms with Crippen molar-refractivity contribution in [3.63, 3.8) is 0 Å². The number of halogens is 2. The predicted molar refractivity (Wildman–Crippen MR) is 111 cm³/mol. The van der Waals surface area contributed by atoms with E-state index in [1.807, 2.05) is 18.9 Å². The highest BCUT2D eigenvalue weighted by Gasteiger charge is 2.09. The second kappa shape index (κ2) is 11.6. The van der Waals surface area contributed by atoms with Gasteiger partial charge >= 0.3 is 6.61 Å². The van der Waals surface area contributed by atoms with E-state index in [2.05, 4.69) is 20.4 Å². The van der Waals surface area contributed by atoms with Gasteiger partial charge in [-0.2, -0.15) is 8.78 Å². The van der Waals surface area contributed by atoms with Crippen LogP contribution in [0.3, 0.4) is 0 Å². The van der Waals surface area contributed by atoms with E-state index in [1.54, 1.807) is 24.3 Å². The van der Waals surface area contributed by atoms with Gasteiger partial charge in [0.2, 0.25) is 0 Å². The molecule has 3 N–H and O–H groups in total. The minimum Gasteiger partial charge on any atom is -0.508 e. The Kier molecular flexibility index (Phi) is 8.86. The summed E-state index contributed by atoms with van der Waals surface area (Å²) >= 11 is 0. The minimum absolute atomic E-state index is 0.102. The Morgan fingerprint density at radius 2 is 1.80 bits per heavy atom. The number of alkyl halides is 2. The van der Waals surface area contributed by atoms with Crippen LogP contribution in [0, 0.1) is 0 Å². The summed E-state index contributed by atoms with van der Waals surface area (Å²) < 4.78 is 28.8. The molecule has 0 radical (unpaired) electrons. The summed E-state index contributed by atoms with van der Waals surface area (Å²) in [6, 6.07) is 12.4. The molecule has 0 aliphatic rings. The van der Waals surface area contributed by atoms with Crippen molar-refractivity contribution in [2.45, 2.75) is 20.1 Å². The Labute approximate surface area is 174 Å². The lowest BCUT2D eigenvalue weighted by atomic mass is 10.2. The highest BCUT2D eigenvalue weighted by Crippen LogP contribution is 2.15. The van der Waals surface area contributed by atoms with E-state index < -0.39 is 6.61 Å². The van der Waals surface area contributed by atoms with Gasteiger partial charge in [-0.05, 0) is 48.9 Å². The number of nitrogens with one attached hydrogen (secondary N) is 2. The van der Waals surface area contributed by atoms with Gasteiger partial charge in [0.05, 0.1) is 6.54 Å². The van der Waals surface area contributed by atoms with Crippen molar-refractivity contribution in [2.75, 3.05) is 26.7 Å². The van der Waals surface area contributed by atoms with E-state index in [-0.39, 0.29) is 17.4 Å². The Bertz CT molecular complexity index is 827. The smallest absolute Gasteiger partial charge is 0.387 e. The first-order valence-electron chi connectivity index (χ1n) is 9.49. The number of carbonyl (C=O) groups is 1. The molecule has 0 aliphatic heterocycles. The molecular formula is C21H26F2N4O3. The highest BCUT2D eigenvalue weighted by molar-refractivity contribution is 5.94. The van der Waals surface area contributed by atoms with Crippen LogP contribution in [0.15, 0.2) is 53.5 Å². The van der Waals surface area contributed by atoms with Crippen LogP contribution in [0.5, 0.6) is 11.5 Å². The normalized spacial score (nSPS) is 11.3. The third kappa shape index (κ3) is 7.57. The van der Waals surface area contributed by atoms with Crippen LogP contribution in [0.1, 0.15) is 22.8 Å². The zero-order valence-corrected chi connectivity index (χ0v) is 16.9.